The maximum Gasteiger partial charge on any atom is 0.145 e. The molecule has 0 radical (unpaired) electrons. The van der Waals surface area contributed by atoms with Crippen molar-refractivity contribution in [2.75, 3.05) is 0 Å². The quantitative estimate of drug-likeness (QED) is 0.115. The van der Waals surface area contributed by atoms with Crippen molar-refractivity contribution in [2.45, 2.75) is 114 Å². The summed E-state index contributed by atoms with van der Waals surface area (Å²) in [5.41, 5.74) is 14.1. The molecule has 2 unspecified atom stereocenters. The summed E-state index contributed by atoms with van der Waals surface area (Å²) in [6, 6.07) is 32.2. The highest BCUT2D eigenvalue weighted by Gasteiger charge is 2.36. The normalized spacial score (nSPS) is 21.0. The third-order valence-corrected chi connectivity index (χ3v) is 13.3. The first-order chi connectivity index (χ1) is 29.8. The average molecular weight is 899 g/mol. The Bertz CT molecular complexity index is 2380. The number of nitrogens with zero attached hydrogens (tertiary/aromatic N) is 3. The molecule has 0 aliphatic heterocycles. The summed E-state index contributed by atoms with van der Waals surface area (Å²) < 4.78 is 24.0. The van der Waals surface area contributed by atoms with Crippen LogP contribution >= 0.6 is 46.4 Å². The molecule has 0 saturated heterocycles. The summed E-state index contributed by atoms with van der Waals surface area (Å²) in [5, 5.41) is 10.9. The Balaban J connectivity index is 0.000000171. The number of aliphatic imine (C=N–C) groups is 1. The van der Waals surface area contributed by atoms with Gasteiger partial charge in [0.05, 0.1) is 57.3 Å². The number of rotatable bonds is 13. The molecule has 61 heavy (non-hydrogen) atoms. The molecular weight excluding hydrogens is 850 g/mol. The van der Waals surface area contributed by atoms with Gasteiger partial charge >= 0.3 is 0 Å². The van der Waals surface area contributed by atoms with Crippen LogP contribution in [0, 0.1) is 0 Å². The van der Waals surface area contributed by atoms with Crippen molar-refractivity contribution in [2.24, 2.45) is 10.7 Å². The highest BCUT2D eigenvalue weighted by atomic mass is 35.5. The van der Waals surface area contributed by atoms with Gasteiger partial charge < -0.3 is 24.3 Å². The van der Waals surface area contributed by atoms with E-state index in [9.17, 15) is 0 Å². The van der Waals surface area contributed by atoms with E-state index in [1.807, 2.05) is 48.5 Å². The summed E-state index contributed by atoms with van der Waals surface area (Å²) in [6.45, 7) is 0.890. The number of aromatic nitrogens is 2. The van der Waals surface area contributed by atoms with Gasteiger partial charge in [-0.3, -0.25) is 4.99 Å². The molecule has 316 valence electrons. The van der Waals surface area contributed by atoms with Crippen molar-refractivity contribution in [1.29, 1.82) is 0 Å². The Kier molecular flexibility index (Phi) is 13.3. The predicted molar refractivity (Wildman–Crippen MR) is 243 cm³/mol. The highest BCUT2D eigenvalue weighted by Crippen LogP contribution is 2.48. The van der Waals surface area contributed by atoms with Crippen LogP contribution in [0.3, 0.4) is 0 Å². The Hall–Kier alpha value is -3.99. The Labute approximate surface area is 376 Å². The molecule has 4 aromatic carbocycles. The first-order valence-corrected chi connectivity index (χ1v) is 22.8. The molecule has 4 aliphatic carbocycles. The number of hydrogen-bond acceptors (Lipinski definition) is 8. The molecule has 12 heteroatoms. The molecule has 2 aromatic heterocycles. The van der Waals surface area contributed by atoms with Crippen LogP contribution < -0.4 is 5.73 Å². The van der Waals surface area contributed by atoms with Crippen LogP contribution in [0.5, 0.6) is 0 Å². The van der Waals surface area contributed by atoms with E-state index in [0.717, 1.165) is 109 Å². The molecule has 2 N–H and O–H groups in total. The van der Waals surface area contributed by atoms with Gasteiger partial charge in [0.25, 0.3) is 0 Å². The van der Waals surface area contributed by atoms with E-state index in [2.05, 4.69) is 58.8 Å². The molecule has 2 heterocycles. The van der Waals surface area contributed by atoms with Crippen molar-refractivity contribution in [3.8, 4) is 22.5 Å². The summed E-state index contributed by atoms with van der Waals surface area (Å²) >= 11 is 25.8. The summed E-state index contributed by atoms with van der Waals surface area (Å²) in [5.74, 6) is 2.68. The first kappa shape index (κ1) is 42.3. The molecule has 4 fully saturated rings. The molecule has 6 aromatic rings. The Morgan fingerprint density at radius 3 is 1.43 bits per heavy atom. The Morgan fingerprint density at radius 1 is 0.557 bits per heavy atom. The van der Waals surface area contributed by atoms with Crippen LogP contribution in [0.4, 0.5) is 0 Å². The minimum Gasteiger partial charge on any atom is -0.373 e. The van der Waals surface area contributed by atoms with Crippen LogP contribution in [0.15, 0.2) is 111 Å². The zero-order valence-electron chi connectivity index (χ0n) is 33.8. The SMILES string of the molecule is Clc1cccc(Cl)c1-c1noc(C2CC2)c1COC1CC[C@@H](N=C(c2ccccc2)c2ccccc2)C1.N[C@@H]1CCC(OCc2c(-c3c(Cl)cccc3Cl)noc2C2CC2)C1. The minimum atomic E-state index is 0.123. The van der Waals surface area contributed by atoms with Gasteiger partial charge in [-0.25, -0.2) is 0 Å². The van der Waals surface area contributed by atoms with Crippen LogP contribution in [0.25, 0.3) is 22.5 Å². The number of halogens is 4. The van der Waals surface area contributed by atoms with Crippen molar-refractivity contribution in [3.05, 3.63) is 151 Å². The summed E-state index contributed by atoms with van der Waals surface area (Å²) in [4.78, 5) is 5.23. The molecule has 10 rings (SSSR count). The minimum absolute atomic E-state index is 0.123. The maximum atomic E-state index is 6.51. The monoisotopic (exact) mass is 896 g/mol. The van der Waals surface area contributed by atoms with Crippen molar-refractivity contribution in [3.63, 3.8) is 0 Å². The lowest BCUT2D eigenvalue weighted by Gasteiger charge is -2.14. The molecule has 0 spiro atoms. The predicted octanol–water partition coefficient (Wildman–Crippen LogP) is 13.4. The molecule has 0 amide bonds. The lowest BCUT2D eigenvalue weighted by atomic mass is 10.0. The zero-order chi connectivity index (χ0) is 41.9. The van der Waals surface area contributed by atoms with Crippen LogP contribution in [-0.2, 0) is 22.7 Å². The lowest BCUT2D eigenvalue weighted by molar-refractivity contribution is 0.0441. The zero-order valence-corrected chi connectivity index (χ0v) is 36.8. The molecule has 0 bridgehead atoms. The fourth-order valence-electron chi connectivity index (χ4n) is 8.50. The largest absolute Gasteiger partial charge is 0.373 e. The summed E-state index contributed by atoms with van der Waals surface area (Å²) in [7, 11) is 0. The molecule has 4 aliphatic rings. The van der Waals surface area contributed by atoms with Gasteiger partial charge in [0.15, 0.2) is 0 Å². The standard InChI is InChI=1S/C31H28Cl2N2O2.C18H20Cl2N2O2/c32-26-12-7-13-27(33)28(26)30-25(31(37-35-30)22-14-15-22)19-36-24-17-16-23(18-24)34-29(20-8-3-1-4-9-20)21-10-5-2-6-11-21;19-14-2-1-3-15(20)16(14)17-13(18(24-22-17)10-4-5-10)9-23-12-7-6-11(21)8-12/h1-13,22-24H,14-19H2;1-3,10-12H,4-9,21H2/t23-,24?;11-,12?/m11/s1. The third-order valence-electron chi connectivity index (χ3n) is 12.0. The van der Waals surface area contributed by atoms with Gasteiger partial charge in [0.2, 0.25) is 0 Å². The lowest BCUT2D eigenvalue weighted by Crippen LogP contribution is -2.17. The number of ether oxygens (including phenoxy) is 2. The second kappa shape index (κ2) is 19.2. The summed E-state index contributed by atoms with van der Waals surface area (Å²) in [6.07, 6.45) is 10.6. The molecule has 4 saturated carbocycles. The number of hydrogen-bond donors (Lipinski definition) is 1. The second-order valence-electron chi connectivity index (χ2n) is 16.6. The first-order valence-electron chi connectivity index (χ1n) is 21.3. The number of nitrogens with two attached hydrogens (primary N) is 1. The Morgan fingerprint density at radius 2 is 1.00 bits per heavy atom. The smallest absolute Gasteiger partial charge is 0.145 e. The fourth-order valence-corrected chi connectivity index (χ4v) is 9.65. The van der Waals surface area contributed by atoms with E-state index in [1.54, 1.807) is 0 Å². The second-order valence-corrected chi connectivity index (χ2v) is 18.2. The van der Waals surface area contributed by atoms with Gasteiger partial charge in [0, 0.05) is 51.3 Å². The third kappa shape index (κ3) is 9.97. The average Bonchev–Trinajstić information content (AvgIpc) is 4.11. The van der Waals surface area contributed by atoms with Gasteiger partial charge in [0.1, 0.15) is 22.9 Å². The van der Waals surface area contributed by atoms with Gasteiger partial charge in [-0.2, -0.15) is 0 Å². The van der Waals surface area contributed by atoms with E-state index in [0.29, 0.717) is 62.1 Å². The van der Waals surface area contributed by atoms with Crippen molar-refractivity contribution in [1.82, 2.24) is 10.3 Å². The van der Waals surface area contributed by atoms with Gasteiger partial charge in [-0.15, -0.1) is 0 Å². The van der Waals surface area contributed by atoms with Crippen molar-refractivity contribution < 1.29 is 18.5 Å². The maximum absolute atomic E-state index is 6.51. The van der Waals surface area contributed by atoms with E-state index in [4.69, 9.17) is 75.6 Å². The number of benzene rings is 4. The van der Waals surface area contributed by atoms with Crippen LogP contribution in [-0.4, -0.2) is 40.3 Å². The van der Waals surface area contributed by atoms with Gasteiger partial charge in [-0.05, 0) is 88.5 Å². The topological polar surface area (TPSA) is 109 Å². The van der Waals surface area contributed by atoms with E-state index < -0.39 is 0 Å². The molecule has 8 nitrogen and oxygen atoms in total. The van der Waals surface area contributed by atoms with Crippen LogP contribution in [0.1, 0.15) is 110 Å². The molecule has 4 atom stereocenters. The fraction of sp³-hybridized carbons (Fsp3) is 0.367. The van der Waals surface area contributed by atoms with Crippen LogP contribution in [0.2, 0.25) is 20.1 Å². The highest BCUT2D eigenvalue weighted by molar-refractivity contribution is 6.39. The molecular formula is C49H48Cl4N4O4. The van der Waals surface area contributed by atoms with E-state index >= 15 is 0 Å². The van der Waals surface area contributed by atoms with Gasteiger partial charge in [-0.1, -0.05) is 130 Å². The van der Waals surface area contributed by atoms with E-state index in [-0.39, 0.29) is 24.3 Å². The van der Waals surface area contributed by atoms with Crippen molar-refractivity contribution >= 4 is 52.1 Å². The van der Waals surface area contributed by atoms with E-state index in [1.165, 1.54) is 0 Å².